The van der Waals surface area contributed by atoms with E-state index in [1.54, 1.807) is 0 Å². The molecule has 0 aromatic heterocycles. The van der Waals surface area contributed by atoms with Crippen LogP contribution >= 0.6 is 11.8 Å². The quantitative estimate of drug-likeness (QED) is 0.817. The fraction of sp³-hybridized carbons (Fsp3) is 0.923. The number of amidine groups is 1. The van der Waals surface area contributed by atoms with Gasteiger partial charge in [-0.25, -0.2) is 0 Å². The Morgan fingerprint density at radius 3 is 2.94 bits per heavy atom. The van der Waals surface area contributed by atoms with E-state index in [2.05, 4.69) is 31.1 Å². The predicted octanol–water partition coefficient (Wildman–Crippen LogP) is 3.43. The van der Waals surface area contributed by atoms with Gasteiger partial charge in [-0.15, -0.1) is 0 Å². The van der Waals surface area contributed by atoms with Crippen molar-refractivity contribution in [2.24, 2.45) is 10.4 Å². The third kappa shape index (κ3) is 3.16. The van der Waals surface area contributed by atoms with Crippen LogP contribution in [0.5, 0.6) is 0 Å². The van der Waals surface area contributed by atoms with Gasteiger partial charge in [0.15, 0.2) is 5.17 Å². The van der Waals surface area contributed by atoms with E-state index < -0.39 is 0 Å². The van der Waals surface area contributed by atoms with Crippen molar-refractivity contribution in [3.05, 3.63) is 0 Å². The van der Waals surface area contributed by atoms with Gasteiger partial charge in [-0.1, -0.05) is 39.0 Å². The SMILES string of the molecule is CCCC1CN=C(NC2CCC(C)(C)C2)S1. The molecule has 0 bridgehead atoms. The molecule has 2 nitrogen and oxygen atoms in total. The summed E-state index contributed by atoms with van der Waals surface area (Å²) in [4.78, 5) is 4.62. The molecule has 0 amide bonds. The number of aliphatic imine (C=N–C) groups is 1. The molecule has 2 aliphatic rings. The largest absolute Gasteiger partial charge is 0.362 e. The minimum absolute atomic E-state index is 0.532. The van der Waals surface area contributed by atoms with Gasteiger partial charge in [-0.05, 0) is 31.1 Å². The highest BCUT2D eigenvalue weighted by molar-refractivity contribution is 8.14. The van der Waals surface area contributed by atoms with Crippen LogP contribution in [0, 0.1) is 5.41 Å². The Kier molecular flexibility index (Phi) is 3.83. The zero-order valence-corrected chi connectivity index (χ0v) is 11.6. The Morgan fingerprint density at radius 2 is 2.31 bits per heavy atom. The first kappa shape index (κ1) is 12.3. The first-order chi connectivity index (χ1) is 7.59. The Labute approximate surface area is 104 Å². The number of nitrogens with one attached hydrogen (secondary N) is 1. The van der Waals surface area contributed by atoms with Gasteiger partial charge in [-0.3, -0.25) is 4.99 Å². The van der Waals surface area contributed by atoms with E-state index in [4.69, 9.17) is 0 Å². The van der Waals surface area contributed by atoms with Gasteiger partial charge in [0, 0.05) is 11.3 Å². The molecule has 1 aliphatic carbocycles. The van der Waals surface area contributed by atoms with Crippen molar-refractivity contribution in [1.29, 1.82) is 0 Å². The second-order valence-corrected chi connectivity index (χ2v) is 7.21. The average molecular weight is 240 g/mol. The molecule has 1 fully saturated rings. The molecule has 1 aliphatic heterocycles. The lowest BCUT2D eigenvalue weighted by molar-refractivity contribution is 0.372. The van der Waals surface area contributed by atoms with E-state index in [9.17, 15) is 0 Å². The second-order valence-electron chi connectivity index (χ2n) is 5.92. The zero-order chi connectivity index (χ0) is 11.6. The first-order valence-electron chi connectivity index (χ1n) is 6.57. The molecule has 0 aromatic rings. The van der Waals surface area contributed by atoms with Gasteiger partial charge in [0.2, 0.25) is 0 Å². The number of hydrogen-bond acceptors (Lipinski definition) is 3. The van der Waals surface area contributed by atoms with Gasteiger partial charge in [0.1, 0.15) is 0 Å². The highest BCUT2D eigenvalue weighted by Crippen LogP contribution is 2.37. The van der Waals surface area contributed by atoms with Crippen LogP contribution in [-0.4, -0.2) is 23.0 Å². The summed E-state index contributed by atoms with van der Waals surface area (Å²) >= 11 is 1.96. The Hall–Kier alpha value is -0.180. The summed E-state index contributed by atoms with van der Waals surface area (Å²) in [5, 5.41) is 5.58. The molecule has 0 spiro atoms. The van der Waals surface area contributed by atoms with Gasteiger partial charge >= 0.3 is 0 Å². The van der Waals surface area contributed by atoms with Crippen LogP contribution in [0.15, 0.2) is 4.99 Å². The molecule has 0 radical (unpaired) electrons. The van der Waals surface area contributed by atoms with Gasteiger partial charge in [0.05, 0.1) is 6.54 Å². The maximum Gasteiger partial charge on any atom is 0.157 e. The third-order valence-corrected chi connectivity index (χ3v) is 4.81. The topological polar surface area (TPSA) is 24.4 Å². The normalized spacial score (nSPS) is 32.8. The highest BCUT2D eigenvalue weighted by Gasteiger charge is 2.32. The van der Waals surface area contributed by atoms with Crippen LogP contribution in [0.2, 0.25) is 0 Å². The van der Waals surface area contributed by atoms with E-state index in [0.29, 0.717) is 11.5 Å². The molecule has 1 saturated carbocycles. The van der Waals surface area contributed by atoms with Crippen LogP contribution in [0.4, 0.5) is 0 Å². The minimum atomic E-state index is 0.532. The van der Waals surface area contributed by atoms with Crippen LogP contribution in [0.25, 0.3) is 0 Å². The minimum Gasteiger partial charge on any atom is -0.362 e. The molecule has 2 atom stereocenters. The lowest BCUT2D eigenvalue weighted by Crippen LogP contribution is -2.31. The monoisotopic (exact) mass is 240 g/mol. The molecule has 1 heterocycles. The molecular formula is C13H24N2S. The number of nitrogens with zero attached hydrogens (tertiary/aromatic N) is 1. The van der Waals surface area contributed by atoms with Crippen LogP contribution < -0.4 is 5.32 Å². The van der Waals surface area contributed by atoms with Crippen molar-refractivity contribution in [2.45, 2.75) is 64.2 Å². The molecule has 3 heteroatoms. The molecular weight excluding hydrogens is 216 g/mol. The van der Waals surface area contributed by atoms with Gasteiger partial charge in [-0.2, -0.15) is 0 Å². The number of rotatable bonds is 3. The van der Waals surface area contributed by atoms with Crippen molar-refractivity contribution in [3.63, 3.8) is 0 Å². The smallest absolute Gasteiger partial charge is 0.157 e. The predicted molar refractivity (Wildman–Crippen MR) is 73.1 cm³/mol. The van der Waals surface area contributed by atoms with Crippen LogP contribution in [-0.2, 0) is 0 Å². The first-order valence-corrected chi connectivity index (χ1v) is 7.45. The van der Waals surface area contributed by atoms with Crippen molar-refractivity contribution >= 4 is 16.9 Å². The Bertz CT molecular complexity index is 273. The maximum absolute atomic E-state index is 4.62. The molecule has 1 N–H and O–H groups in total. The summed E-state index contributed by atoms with van der Waals surface area (Å²) in [5.74, 6) is 0. The molecule has 16 heavy (non-hydrogen) atoms. The summed E-state index contributed by atoms with van der Waals surface area (Å²) in [6.07, 6.45) is 6.53. The van der Waals surface area contributed by atoms with Crippen molar-refractivity contribution in [1.82, 2.24) is 5.32 Å². The van der Waals surface area contributed by atoms with E-state index >= 15 is 0 Å². The van der Waals surface area contributed by atoms with E-state index in [0.717, 1.165) is 11.8 Å². The molecule has 0 aromatic carbocycles. The summed E-state index contributed by atoms with van der Waals surface area (Å²) in [6.45, 7) is 8.03. The van der Waals surface area contributed by atoms with E-state index in [1.807, 2.05) is 11.8 Å². The maximum atomic E-state index is 4.62. The molecule has 2 unspecified atom stereocenters. The summed E-state index contributed by atoms with van der Waals surface area (Å²) < 4.78 is 0. The van der Waals surface area contributed by atoms with Crippen LogP contribution in [0.3, 0.4) is 0 Å². The Balaban J connectivity index is 1.75. The summed E-state index contributed by atoms with van der Waals surface area (Å²) in [5.41, 5.74) is 0.532. The van der Waals surface area contributed by atoms with Gasteiger partial charge in [0.25, 0.3) is 0 Å². The summed E-state index contributed by atoms with van der Waals surface area (Å²) in [7, 11) is 0. The summed E-state index contributed by atoms with van der Waals surface area (Å²) in [6, 6.07) is 0.668. The zero-order valence-electron chi connectivity index (χ0n) is 10.8. The van der Waals surface area contributed by atoms with Gasteiger partial charge < -0.3 is 5.32 Å². The van der Waals surface area contributed by atoms with E-state index in [-0.39, 0.29) is 0 Å². The van der Waals surface area contributed by atoms with Crippen LogP contribution in [0.1, 0.15) is 52.9 Å². The molecule has 92 valence electrons. The van der Waals surface area contributed by atoms with Crippen molar-refractivity contribution in [2.75, 3.05) is 6.54 Å². The number of hydrogen-bond donors (Lipinski definition) is 1. The highest BCUT2D eigenvalue weighted by atomic mass is 32.2. The lowest BCUT2D eigenvalue weighted by atomic mass is 9.92. The lowest BCUT2D eigenvalue weighted by Gasteiger charge is -2.18. The second kappa shape index (κ2) is 4.99. The number of thioether (sulfide) groups is 1. The fourth-order valence-corrected chi connectivity index (χ4v) is 3.91. The molecule has 0 saturated heterocycles. The average Bonchev–Trinajstić information content (AvgIpc) is 2.75. The molecule has 2 rings (SSSR count). The fourth-order valence-electron chi connectivity index (χ4n) is 2.70. The standard InChI is InChI=1S/C13H24N2S/c1-4-5-11-9-14-12(16-11)15-10-6-7-13(2,3)8-10/h10-11H,4-9H2,1-3H3,(H,14,15). The van der Waals surface area contributed by atoms with E-state index in [1.165, 1.54) is 37.3 Å². The third-order valence-electron chi connectivity index (χ3n) is 3.62. The van der Waals surface area contributed by atoms with Crippen molar-refractivity contribution in [3.8, 4) is 0 Å². The Morgan fingerprint density at radius 1 is 1.50 bits per heavy atom. The van der Waals surface area contributed by atoms with Crippen molar-refractivity contribution < 1.29 is 0 Å².